The molecule has 0 N–H and O–H groups in total. The van der Waals surface area contributed by atoms with Crippen LogP contribution >= 0.6 is 0 Å². The molecule has 3 aromatic rings. The zero-order valence-electron chi connectivity index (χ0n) is 10.8. The van der Waals surface area contributed by atoms with Crippen molar-refractivity contribution in [3.05, 3.63) is 71.9 Å². The van der Waals surface area contributed by atoms with Gasteiger partial charge in [-0.25, -0.2) is 0 Å². The van der Waals surface area contributed by atoms with E-state index in [0.29, 0.717) is 12.2 Å². The van der Waals surface area contributed by atoms with E-state index in [4.69, 9.17) is 4.74 Å². The summed E-state index contributed by atoms with van der Waals surface area (Å²) in [6, 6.07) is 17.1. The Kier molecular flexibility index (Phi) is 3.42. The molecule has 3 heteroatoms. The smallest absolute Gasteiger partial charge is 0.150 e. The van der Waals surface area contributed by atoms with E-state index in [1.54, 1.807) is 30.5 Å². The fourth-order valence-corrected chi connectivity index (χ4v) is 2.09. The first kappa shape index (κ1) is 12.4. The molecule has 0 aliphatic carbocycles. The summed E-state index contributed by atoms with van der Waals surface area (Å²) in [6.07, 6.45) is 2.60. The summed E-state index contributed by atoms with van der Waals surface area (Å²) < 4.78 is 5.74. The topological polar surface area (TPSA) is 39.2 Å². The van der Waals surface area contributed by atoms with Gasteiger partial charge in [-0.1, -0.05) is 24.3 Å². The molecule has 3 nitrogen and oxygen atoms in total. The quantitative estimate of drug-likeness (QED) is 0.675. The van der Waals surface area contributed by atoms with Crippen LogP contribution in [0.5, 0.6) is 5.75 Å². The second-order valence-corrected chi connectivity index (χ2v) is 4.47. The number of hydrogen-bond donors (Lipinski definition) is 0. The van der Waals surface area contributed by atoms with Crippen LogP contribution in [0.15, 0.2) is 60.8 Å². The van der Waals surface area contributed by atoms with Crippen molar-refractivity contribution in [3.8, 4) is 5.75 Å². The van der Waals surface area contributed by atoms with Crippen LogP contribution in [0.2, 0.25) is 0 Å². The first-order valence-electron chi connectivity index (χ1n) is 6.37. The van der Waals surface area contributed by atoms with Crippen molar-refractivity contribution in [1.82, 2.24) is 4.98 Å². The summed E-state index contributed by atoms with van der Waals surface area (Å²) in [6.45, 7) is 0.453. The van der Waals surface area contributed by atoms with Crippen LogP contribution in [0.25, 0.3) is 10.9 Å². The zero-order chi connectivity index (χ0) is 13.8. The molecule has 0 fully saturated rings. The van der Waals surface area contributed by atoms with Gasteiger partial charge in [-0.15, -0.1) is 0 Å². The van der Waals surface area contributed by atoms with Gasteiger partial charge < -0.3 is 4.74 Å². The van der Waals surface area contributed by atoms with Gasteiger partial charge in [0, 0.05) is 22.7 Å². The Morgan fingerprint density at radius 3 is 2.60 bits per heavy atom. The molecule has 0 unspecified atom stereocenters. The maximum Gasteiger partial charge on any atom is 0.150 e. The highest BCUT2D eigenvalue weighted by atomic mass is 16.5. The first-order chi connectivity index (χ1) is 9.86. The van der Waals surface area contributed by atoms with Gasteiger partial charge >= 0.3 is 0 Å². The number of fused-ring (bicyclic) bond motifs is 1. The normalized spacial score (nSPS) is 10.4. The van der Waals surface area contributed by atoms with Gasteiger partial charge in [0.1, 0.15) is 18.6 Å². The molecule has 0 saturated carbocycles. The number of carbonyl (C=O) groups is 1. The maximum absolute atomic E-state index is 10.6. The molecule has 0 bridgehead atoms. The van der Waals surface area contributed by atoms with Crippen LogP contribution in [0.3, 0.4) is 0 Å². The molecule has 3 rings (SSSR count). The molecular weight excluding hydrogens is 250 g/mol. The summed E-state index contributed by atoms with van der Waals surface area (Å²) >= 11 is 0. The molecular formula is C17H13NO2. The molecule has 0 aliphatic rings. The monoisotopic (exact) mass is 263 g/mol. The van der Waals surface area contributed by atoms with Gasteiger partial charge in [-0.2, -0.15) is 0 Å². The Hall–Kier alpha value is -2.68. The lowest BCUT2D eigenvalue weighted by Gasteiger charge is -2.08. The van der Waals surface area contributed by atoms with E-state index in [2.05, 4.69) is 4.98 Å². The van der Waals surface area contributed by atoms with Crippen molar-refractivity contribution >= 4 is 17.2 Å². The van der Waals surface area contributed by atoms with Crippen molar-refractivity contribution in [3.63, 3.8) is 0 Å². The van der Waals surface area contributed by atoms with Gasteiger partial charge in [-0.05, 0) is 30.3 Å². The highest BCUT2D eigenvalue weighted by Gasteiger charge is 2.02. The Balaban J connectivity index is 1.81. The molecule has 0 saturated heterocycles. The van der Waals surface area contributed by atoms with Crippen molar-refractivity contribution in [2.24, 2.45) is 0 Å². The first-order valence-corrected chi connectivity index (χ1v) is 6.37. The summed E-state index contributed by atoms with van der Waals surface area (Å²) in [4.78, 5) is 15.0. The van der Waals surface area contributed by atoms with Gasteiger partial charge in [-0.3, -0.25) is 9.78 Å². The van der Waals surface area contributed by atoms with Gasteiger partial charge in [0.05, 0.1) is 5.52 Å². The van der Waals surface area contributed by atoms with Crippen molar-refractivity contribution in [1.29, 1.82) is 0 Å². The van der Waals surface area contributed by atoms with Crippen molar-refractivity contribution in [2.45, 2.75) is 6.61 Å². The minimum absolute atomic E-state index is 0.453. The summed E-state index contributed by atoms with van der Waals surface area (Å²) in [7, 11) is 0. The number of rotatable bonds is 4. The number of carbonyl (C=O) groups excluding carboxylic acids is 1. The molecule has 0 radical (unpaired) electrons. The molecule has 0 amide bonds. The number of hydrogen-bond acceptors (Lipinski definition) is 3. The van der Waals surface area contributed by atoms with E-state index in [9.17, 15) is 4.79 Å². The van der Waals surface area contributed by atoms with Crippen molar-refractivity contribution in [2.75, 3.05) is 0 Å². The van der Waals surface area contributed by atoms with Gasteiger partial charge in [0.25, 0.3) is 0 Å². The highest BCUT2D eigenvalue weighted by Crippen LogP contribution is 2.19. The average Bonchev–Trinajstić information content (AvgIpc) is 2.53. The third-order valence-electron chi connectivity index (χ3n) is 3.13. The van der Waals surface area contributed by atoms with Crippen LogP contribution < -0.4 is 4.74 Å². The van der Waals surface area contributed by atoms with Crippen LogP contribution in [-0.4, -0.2) is 11.3 Å². The Labute approximate surface area is 116 Å². The second-order valence-electron chi connectivity index (χ2n) is 4.47. The van der Waals surface area contributed by atoms with E-state index in [0.717, 1.165) is 28.5 Å². The summed E-state index contributed by atoms with van der Waals surface area (Å²) in [5, 5.41) is 1.10. The number of ether oxygens (including phenoxy) is 1. The maximum atomic E-state index is 10.6. The summed E-state index contributed by atoms with van der Waals surface area (Å²) in [5.74, 6) is 0.739. The lowest BCUT2D eigenvalue weighted by molar-refractivity contribution is 0.112. The molecule has 0 spiro atoms. The Morgan fingerprint density at radius 2 is 1.80 bits per heavy atom. The largest absolute Gasteiger partial charge is 0.489 e. The fraction of sp³-hybridized carbons (Fsp3) is 0.0588. The standard InChI is InChI=1S/C17H13NO2/c19-11-13-6-8-16(9-7-13)20-12-15-4-1-3-14-5-2-10-18-17(14)15/h1-11H,12H2. The van der Waals surface area contributed by atoms with Crippen LogP contribution in [0.4, 0.5) is 0 Å². The zero-order valence-corrected chi connectivity index (χ0v) is 10.8. The highest BCUT2D eigenvalue weighted by molar-refractivity contribution is 5.81. The lowest BCUT2D eigenvalue weighted by atomic mass is 10.1. The lowest BCUT2D eigenvalue weighted by Crippen LogP contribution is -1.97. The molecule has 1 aromatic heterocycles. The number of benzene rings is 2. The molecule has 0 aliphatic heterocycles. The third kappa shape index (κ3) is 2.52. The van der Waals surface area contributed by atoms with E-state index in [1.807, 2.05) is 30.3 Å². The number of aldehydes is 1. The fourth-order valence-electron chi connectivity index (χ4n) is 2.09. The molecule has 0 atom stereocenters. The van der Waals surface area contributed by atoms with Crippen molar-refractivity contribution < 1.29 is 9.53 Å². The minimum Gasteiger partial charge on any atom is -0.489 e. The molecule has 20 heavy (non-hydrogen) atoms. The number of para-hydroxylation sites is 1. The van der Waals surface area contributed by atoms with E-state index >= 15 is 0 Å². The van der Waals surface area contributed by atoms with Gasteiger partial charge in [0.2, 0.25) is 0 Å². The predicted octanol–water partition coefficient (Wildman–Crippen LogP) is 3.63. The number of pyridine rings is 1. The average molecular weight is 263 g/mol. The second kappa shape index (κ2) is 5.53. The SMILES string of the molecule is O=Cc1ccc(OCc2cccc3cccnc23)cc1. The van der Waals surface area contributed by atoms with Crippen LogP contribution in [0.1, 0.15) is 15.9 Å². The Morgan fingerprint density at radius 1 is 1.00 bits per heavy atom. The minimum atomic E-state index is 0.453. The third-order valence-corrected chi connectivity index (χ3v) is 3.13. The van der Waals surface area contributed by atoms with E-state index < -0.39 is 0 Å². The van der Waals surface area contributed by atoms with E-state index in [1.165, 1.54) is 0 Å². The van der Waals surface area contributed by atoms with Crippen LogP contribution in [0, 0.1) is 0 Å². The molecule has 1 heterocycles. The van der Waals surface area contributed by atoms with E-state index in [-0.39, 0.29) is 0 Å². The predicted molar refractivity (Wildman–Crippen MR) is 77.9 cm³/mol. The number of aromatic nitrogens is 1. The van der Waals surface area contributed by atoms with Crippen LogP contribution in [-0.2, 0) is 6.61 Å². The number of nitrogens with zero attached hydrogens (tertiary/aromatic N) is 1. The molecule has 98 valence electrons. The summed E-state index contributed by atoms with van der Waals surface area (Å²) in [5.41, 5.74) is 2.64. The van der Waals surface area contributed by atoms with Gasteiger partial charge in [0.15, 0.2) is 0 Å². The molecule has 2 aromatic carbocycles. The Bertz CT molecular complexity index is 730.